The van der Waals surface area contributed by atoms with E-state index < -0.39 is 0 Å². The predicted molar refractivity (Wildman–Crippen MR) is 94.0 cm³/mol. The van der Waals surface area contributed by atoms with Crippen LogP contribution in [0.2, 0.25) is 0 Å². The summed E-state index contributed by atoms with van der Waals surface area (Å²) in [5.74, 6) is -0.287. The average molecular weight is 371 g/mol. The van der Waals surface area contributed by atoms with E-state index in [0.29, 0.717) is 12.8 Å². The highest BCUT2D eigenvalue weighted by atomic mass is 79.9. The maximum atomic E-state index is 10.4. The quantitative estimate of drug-likeness (QED) is 0.339. The molecule has 3 aromatic rings. The third kappa shape index (κ3) is 3.10. The molecule has 2 heterocycles. The van der Waals surface area contributed by atoms with Crippen molar-refractivity contribution in [2.45, 2.75) is 19.8 Å². The second kappa shape index (κ2) is 6.46. The fourth-order valence-corrected chi connectivity index (χ4v) is 2.96. The van der Waals surface area contributed by atoms with Gasteiger partial charge in [0, 0.05) is 23.6 Å². The summed E-state index contributed by atoms with van der Waals surface area (Å²) in [5, 5.41) is 2.49. The summed E-state index contributed by atoms with van der Waals surface area (Å²) in [6.07, 6.45) is 0.703. The monoisotopic (exact) mass is 370 g/mol. The molecular weight excluding hydrogens is 356 g/mol. The zero-order chi connectivity index (χ0) is 16.4. The van der Waals surface area contributed by atoms with Crippen molar-refractivity contribution in [2.75, 3.05) is 0 Å². The van der Waals surface area contributed by atoms with E-state index in [1.54, 1.807) is 0 Å². The number of carbonyl (C=O) groups excluding carboxylic acids is 2. The van der Waals surface area contributed by atoms with Gasteiger partial charge in [-0.05, 0) is 24.6 Å². The first kappa shape index (κ1) is 15.6. The fraction of sp³-hybridized carbons (Fsp3) is 0.167. The number of benzene rings is 2. The molecule has 0 N–H and O–H groups in total. The largest absolute Gasteiger partial charge is 0.274 e. The minimum Gasteiger partial charge on any atom is -0.274 e. The first-order chi connectivity index (χ1) is 11.1. The number of para-hydroxylation sites is 2. The molecule has 4 nitrogen and oxygen atoms in total. The summed E-state index contributed by atoms with van der Waals surface area (Å²) in [6.45, 7) is 2.16. The molecule has 1 aliphatic heterocycles. The van der Waals surface area contributed by atoms with Gasteiger partial charge in [0.1, 0.15) is 0 Å². The van der Waals surface area contributed by atoms with Gasteiger partial charge in [0.15, 0.2) is 0 Å². The normalized spacial score (nSPS) is 14.3. The molecule has 0 radical (unpaired) electrons. The van der Waals surface area contributed by atoms with Gasteiger partial charge >= 0.3 is 0 Å². The first-order valence-corrected chi connectivity index (χ1v) is 8.04. The van der Waals surface area contributed by atoms with Crippen LogP contribution in [0.15, 0.2) is 48.5 Å². The number of hydrogen-bond acceptors (Lipinski definition) is 3. The van der Waals surface area contributed by atoms with Crippen molar-refractivity contribution in [2.24, 2.45) is 0 Å². The summed E-state index contributed by atoms with van der Waals surface area (Å²) in [6, 6.07) is 16.6. The number of amides is 2. The summed E-state index contributed by atoms with van der Waals surface area (Å²) in [5.41, 5.74) is 3.47. The zero-order valence-electron chi connectivity index (χ0n) is 12.6. The molecule has 0 saturated carbocycles. The number of aromatic nitrogens is 1. The number of rotatable bonds is 0. The van der Waals surface area contributed by atoms with Crippen LogP contribution in [0.3, 0.4) is 0 Å². The Bertz CT molecular complexity index is 838. The van der Waals surface area contributed by atoms with Crippen LogP contribution in [0.4, 0.5) is 0 Å². The van der Waals surface area contributed by atoms with Crippen molar-refractivity contribution in [1.82, 2.24) is 8.91 Å². The van der Waals surface area contributed by atoms with Crippen LogP contribution < -0.4 is 0 Å². The number of pyridine rings is 1. The van der Waals surface area contributed by atoms with Crippen molar-refractivity contribution in [1.29, 1.82) is 0 Å². The Morgan fingerprint density at radius 3 is 1.70 bits per heavy atom. The molecule has 1 saturated heterocycles. The SMILES string of the molecule is Cc1c2ccccc2nc2ccccc12.O=C1CCC(=O)N1Br. The van der Waals surface area contributed by atoms with Gasteiger partial charge < -0.3 is 0 Å². The molecular formula is C18H15BrN2O2. The molecule has 5 heteroatoms. The molecule has 0 unspecified atom stereocenters. The first-order valence-electron chi connectivity index (χ1n) is 7.33. The van der Waals surface area contributed by atoms with Crippen LogP contribution in [0.25, 0.3) is 21.8 Å². The zero-order valence-corrected chi connectivity index (χ0v) is 14.2. The summed E-state index contributed by atoms with van der Waals surface area (Å²) < 4.78 is 0.979. The Kier molecular flexibility index (Phi) is 4.39. The van der Waals surface area contributed by atoms with Gasteiger partial charge in [-0.15, -0.1) is 0 Å². The fourth-order valence-electron chi connectivity index (χ4n) is 2.60. The summed E-state index contributed by atoms with van der Waals surface area (Å²) >= 11 is 2.80. The third-order valence-electron chi connectivity index (χ3n) is 3.85. The minimum absolute atomic E-state index is 0.144. The number of halogens is 1. The Morgan fingerprint density at radius 2 is 1.30 bits per heavy atom. The van der Waals surface area contributed by atoms with E-state index in [1.807, 2.05) is 12.1 Å². The van der Waals surface area contributed by atoms with Crippen molar-refractivity contribution in [3.8, 4) is 0 Å². The lowest BCUT2D eigenvalue weighted by molar-refractivity contribution is -0.131. The molecule has 4 rings (SSSR count). The molecule has 2 aromatic carbocycles. The highest BCUT2D eigenvalue weighted by Crippen LogP contribution is 2.24. The van der Waals surface area contributed by atoms with E-state index in [-0.39, 0.29) is 11.8 Å². The molecule has 116 valence electrons. The van der Waals surface area contributed by atoms with Crippen LogP contribution in [0.1, 0.15) is 18.4 Å². The molecule has 0 spiro atoms. The van der Waals surface area contributed by atoms with Crippen molar-refractivity contribution in [3.63, 3.8) is 0 Å². The highest BCUT2D eigenvalue weighted by molar-refractivity contribution is 9.08. The molecule has 1 aromatic heterocycles. The molecule has 0 aliphatic carbocycles. The van der Waals surface area contributed by atoms with Crippen LogP contribution >= 0.6 is 16.1 Å². The Hall–Kier alpha value is -2.27. The molecule has 1 fully saturated rings. The number of imide groups is 1. The maximum absolute atomic E-state index is 10.4. The van der Waals surface area contributed by atoms with Gasteiger partial charge in [0.2, 0.25) is 11.8 Å². The van der Waals surface area contributed by atoms with Crippen molar-refractivity contribution >= 4 is 49.8 Å². The van der Waals surface area contributed by atoms with E-state index in [0.717, 1.165) is 15.0 Å². The van der Waals surface area contributed by atoms with Crippen LogP contribution in [-0.4, -0.2) is 20.7 Å². The number of nitrogens with zero attached hydrogens (tertiary/aromatic N) is 2. The maximum Gasteiger partial charge on any atom is 0.239 e. The van der Waals surface area contributed by atoms with Gasteiger partial charge in [0.05, 0.1) is 27.2 Å². The van der Waals surface area contributed by atoms with E-state index >= 15 is 0 Å². The van der Waals surface area contributed by atoms with Gasteiger partial charge in [-0.2, -0.15) is 0 Å². The molecule has 0 atom stereocenters. The second-order valence-electron chi connectivity index (χ2n) is 5.34. The smallest absolute Gasteiger partial charge is 0.239 e. The standard InChI is InChI=1S/C14H11N.C4H4BrNO2/c1-10-11-6-2-4-8-13(11)15-14-9-5-3-7-12(10)14;5-6-3(7)1-2-4(6)8/h2-9H,1H3;1-2H2. The van der Waals surface area contributed by atoms with Crippen molar-refractivity contribution < 1.29 is 9.59 Å². The molecule has 1 aliphatic rings. The molecule has 0 bridgehead atoms. The average Bonchev–Trinajstić information content (AvgIpc) is 2.87. The lowest BCUT2D eigenvalue weighted by Gasteiger charge is -2.05. The van der Waals surface area contributed by atoms with Crippen LogP contribution in [0, 0.1) is 6.92 Å². The van der Waals surface area contributed by atoms with Gasteiger partial charge in [-0.3, -0.25) is 9.59 Å². The lowest BCUT2D eigenvalue weighted by atomic mass is 10.0. The number of fused-ring (bicyclic) bond motifs is 2. The van der Waals surface area contributed by atoms with E-state index in [9.17, 15) is 9.59 Å². The van der Waals surface area contributed by atoms with E-state index in [2.05, 4.69) is 64.5 Å². The Morgan fingerprint density at radius 1 is 0.870 bits per heavy atom. The van der Waals surface area contributed by atoms with E-state index in [1.165, 1.54) is 16.3 Å². The third-order valence-corrected chi connectivity index (χ3v) is 4.64. The lowest BCUT2D eigenvalue weighted by Crippen LogP contribution is -2.16. The predicted octanol–water partition coefficient (Wildman–Crippen LogP) is 4.14. The van der Waals surface area contributed by atoms with Gasteiger partial charge in [-0.25, -0.2) is 8.91 Å². The summed E-state index contributed by atoms with van der Waals surface area (Å²) in [4.78, 5) is 25.5. The topological polar surface area (TPSA) is 50.3 Å². The van der Waals surface area contributed by atoms with Gasteiger partial charge in [0.25, 0.3) is 0 Å². The minimum atomic E-state index is -0.144. The molecule has 23 heavy (non-hydrogen) atoms. The van der Waals surface area contributed by atoms with Crippen LogP contribution in [0.5, 0.6) is 0 Å². The second-order valence-corrected chi connectivity index (χ2v) is 6.05. The van der Waals surface area contributed by atoms with Crippen LogP contribution in [-0.2, 0) is 9.59 Å². The molecule has 2 amide bonds. The number of aryl methyl sites for hydroxylation is 1. The van der Waals surface area contributed by atoms with E-state index in [4.69, 9.17) is 0 Å². The highest BCUT2D eigenvalue weighted by Gasteiger charge is 2.26. The Balaban J connectivity index is 0.000000166. The number of carbonyl (C=O) groups is 2. The Labute approximate surface area is 142 Å². The van der Waals surface area contributed by atoms with Crippen molar-refractivity contribution in [3.05, 3.63) is 54.1 Å². The summed E-state index contributed by atoms with van der Waals surface area (Å²) in [7, 11) is 0. The van der Waals surface area contributed by atoms with Gasteiger partial charge in [-0.1, -0.05) is 36.4 Å². The number of hydrogen-bond donors (Lipinski definition) is 0.